The van der Waals surface area contributed by atoms with E-state index >= 15 is 0 Å². The van der Waals surface area contributed by atoms with Crippen molar-refractivity contribution in [3.63, 3.8) is 0 Å². The van der Waals surface area contributed by atoms with E-state index in [1.807, 2.05) is 24.3 Å². The van der Waals surface area contributed by atoms with Crippen molar-refractivity contribution in [1.82, 2.24) is 0 Å². The molecule has 0 spiro atoms. The first-order valence-corrected chi connectivity index (χ1v) is 3.42. The van der Waals surface area contributed by atoms with Crippen LogP contribution in [0.1, 0.15) is 11.1 Å². The molecule has 1 N–H and O–H groups in total. The van der Waals surface area contributed by atoms with E-state index in [0.29, 0.717) is 0 Å². The Labute approximate surface area is 66.3 Å². The Morgan fingerprint density at radius 2 is 2.00 bits per heavy atom. The van der Waals surface area contributed by atoms with Gasteiger partial charge in [-0.25, -0.2) is 0 Å². The fourth-order valence-electron chi connectivity index (χ4n) is 0.837. The maximum atomic E-state index is 8.72. The van der Waals surface area contributed by atoms with Crippen molar-refractivity contribution in [2.45, 2.75) is 6.61 Å². The van der Waals surface area contributed by atoms with Crippen LogP contribution in [0.3, 0.4) is 0 Å². The van der Waals surface area contributed by atoms with Crippen LogP contribution in [0.4, 0.5) is 0 Å². The first-order chi connectivity index (χ1) is 5.36. The third-order valence-electron chi connectivity index (χ3n) is 1.43. The van der Waals surface area contributed by atoms with Gasteiger partial charge in [-0.15, -0.1) is 5.73 Å². The molecule has 0 radical (unpaired) electrons. The van der Waals surface area contributed by atoms with Crippen LogP contribution in [0.5, 0.6) is 0 Å². The van der Waals surface area contributed by atoms with E-state index in [2.05, 4.69) is 12.3 Å². The van der Waals surface area contributed by atoms with Crippen LogP contribution in [0.2, 0.25) is 0 Å². The predicted molar refractivity (Wildman–Crippen MR) is 46.0 cm³/mol. The molecule has 1 heteroatoms. The van der Waals surface area contributed by atoms with Gasteiger partial charge in [0.2, 0.25) is 0 Å². The summed E-state index contributed by atoms with van der Waals surface area (Å²) in [7, 11) is 0. The fourth-order valence-corrected chi connectivity index (χ4v) is 0.837. The van der Waals surface area contributed by atoms with E-state index in [1.54, 1.807) is 6.08 Å². The van der Waals surface area contributed by atoms with Gasteiger partial charge in [-0.05, 0) is 17.2 Å². The Kier molecular flexibility index (Phi) is 2.67. The van der Waals surface area contributed by atoms with E-state index < -0.39 is 0 Å². The number of benzene rings is 1. The summed E-state index contributed by atoms with van der Waals surface area (Å²) in [5.41, 5.74) is 4.66. The minimum atomic E-state index is 0.0953. The molecule has 0 unspecified atom stereocenters. The van der Waals surface area contributed by atoms with Gasteiger partial charge in [-0.3, -0.25) is 0 Å². The summed E-state index contributed by atoms with van der Waals surface area (Å²) in [4.78, 5) is 0. The zero-order chi connectivity index (χ0) is 8.10. The maximum absolute atomic E-state index is 8.72. The highest BCUT2D eigenvalue weighted by atomic mass is 16.3. The standard InChI is InChI=1S/C10H10O/c1-2-3-9-4-6-10(8-11)7-5-9/h3-7,11H,1,8H2. The van der Waals surface area contributed by atoms with Gasteiger partial charge in [-0.2, -0.15) is 0 Å². The summed E-state index contributed by atoms with van der Waals surface area (Å²) in [6, 6.07) is 7.60. The van der Waals surface area contributed by atoms with Crippen LogP contribution in [-0.2, 0) is 6.61 Å². The highest BCUT2D eigenvalue weighted by Gasteiger charge is 1.87. The molecule has 0 fully saturated rings. The van der Waals surface area contributed by atoms with Crippen LogP contribution < -0.4 is 0 Å². The quantitative estimate of drug-likeness (QED) is 0.632. The largest absolute Gasteiger partial charge is 0.392 e. The number of hydrogen-bond donors (Lipinski definition) is 1. The molecular formula is C10H10O. The fraction of sp³-hybridized carbons (Fsp3) is 0.100. The first-order valence-electron chi connectivity index (χ1n) is 3.42. The van der Waals surface area contributed by atoms with Crippen LogP contribution in [-0.4, -0.2) is 5.11 Å². The lowest BCUT2D eigenvalue weighted by atomic mass is 10.1. The van der Waals surface area contributed by atoms with Gasteiger partial charge < -0.3 is 5.11 Å². The van der Waals surface area contributed by atoms with E-state index in [4.69, 9.17) is 5.11 Å². The molecular weight excluding hydrogens is 136 g/mol. The highest BCUT2D eigenvalue weighted by Crippen LogP contribution is 2.04. The molecule has 0 heterocycles. The Hall–Kier alpha value is -1.30. The average Bonchev–Trinajstić information content (AvgIpc) is 2.07. The molecule has 1 nitrogen and oxygen atoms in total. The lowest BCUT2D eigenvalue weighted by molar-refractivity contribution is 0.282. The lowest BCUT2D eigenvalue weighted by Gasteiger charge is -1.94. The van der Waals surface area contributed by atoms with E-state index in [-0.39, 0.29) is 6.61 Å². The molecule has 1 aromatic rings. The molecule has 0 saturated carbocycles. The smallest absolute Gasteiger partial charge is 0.0681 e. The number of aliphatic hydroxyl groups excluding tert-OH is 1. The number of hydrogen-bond acceptors (Lipinski definition) is 1. The normalized spacial score (nSPS) is 8.82. The molecule has 56 valence electrons. The molecule has 0 saturated heterocycles. The Balaban J connectivity index is 2.91. The van der Waals surface area contributed by atoms with Crippen molar-refractivity contribution in [2.24, 2.45) is 0 Å². The van der Waals surface area contributed by atoms with Gasteiger partial charge >= 0.3 is 0 Å². The lowest BCUT2D eigenvalue weighted by Crippen LogP contribution is -1.80. The van der Waals surface area contributed by atoms with Crippen LogP contribution >= 0.6 is 0 Å². The zero-order valence-electron chi connectivity index (χ0n) is 6.25. The molecule has 0 atom stereocenters. The van der Waals surface area contributed by atoms with Crippen molar-refractivity contribution in [2.75, 3.05) is 0 Å². The topological polar surface area (TPSA) is 20.2 Å². The molecule has 0 aliphatic rings. The van der Waals surface area contributed by atoms with Gasteiger partial charge in [0.1, 0.15) is 0 Å². The highest BCUT2D eigenvalue weighted by molar-refractivity contribution is 5.48. The summed E-state index contributed by atoms with van der Waals surface area (Å²) < 4.78 is 0. The monoisotopic (exact) mass is 146 g/mol. The summed E-state index contributed by atoms with van der Waals surface area (Å²) in [6.07, 6.45) is 1.79. The molecule has 0 aromatic heterocycles. The van der Waals surface area contributed by atoms with Gasteiger partial charge in [0, 0.05) is 0 Å². The van der Waals surface area contributed by atoms with Gasteiger partial charge in [0.15, 0.2) is 0 Å². The summed E-state index contributed by atoms with van der Waals surface area (Å²) in [5.74, 6) is 0. The second kappa shape index (κ2) is 3.77. The SMILES string of the molecule is C=C=Cc1ccc(CO)cc1. The molecule has 1 rings (SSSR count). The molecule has 0 amide bonds. The molecule has 11 heavy (non-hydrogen) atoms. The second-order valence-electron chi connectivity index (χ2n) is 2.25. The molecule has 0 bridgehead atoms. The number of aliphatic hydroxyl groups is 1. The van der Waals surface area contributed by atoms with Gasteiger partial charge in [0.05, 0.1) is 6.61 Å². The van der Waals surface area contributed by atoms with Crippen molar-refractivity contribution >= 4 is 6.08 Å². The van der Waals surface area contributed by atoms with E-state index in [0.717, 1.165) is 11.1 Å². The summed E-state index contributed by atoms with van der Waals surface area (Å²) in [5, 5.41) is 8.72. The Morgan fingerprint density at radius 3 is 2.45 bits per heavy atom. The third kappa shape index (κ3) is 2.08. The van der Waals surface area contributed by atoms with Crippen LogP contribution in [0.25, 0.3) is 6.08 Å². The minimum Gasteiger partial charge on any atom is -0.392 e. The van der Waals surface area contributed by atoms with E-state index in [1.165, 1.54) is 0 Å². The van der Waals surface area contributed by atoms with Crippen molar-refractivity contribution < 1.29 is 5.11 Å². The third-order valence-corrected chi connectivity index (χ3v) is 1.43. The van der Waals surface area contributed by atoms with Gasteiger partial charge in [-0.1, -0.05) is 30.8 Å². The van der Waals surface area contributed by atoms with Crippen molar-refractivity contribution in [3.05, 3.63) is 47.7 Å². The van der Waals surface area contributed by atoms with Gasteiger partial charge in [0.25, 0.3) is 0 Å². The first kappa shape index (κ1) is 7.80. The summed E-state index contributed by atoms with van der Waals surface area (Å²) in [6.45, 7) is 3.56. The average molecular weight is 146 g/mol. The summed E-state index contributed by atoms with van der Waals surface area (Å²) >= 11 is 0. The zero-order valence-corrected chi connectivity index (χ0v) is 6.25. The molecule has 1 aromatic carbocycles. The second-order valence-corrected chi connectivity index (χ2v) is 2.25. The van der Waals surface area contributed by atoms with Crippen molar-refractivity contribution in [3.8, 4) is 0 Å². The van der Waals surface area contributed by atoms with Crippen molar-refractivity contribution in [1.29, 1.82) is 0 Å². The predicted octanol–water partition coefficient (Wildman–Crippen LogP) is 1.98. The maximum Gasteiger partial charge on any atom is 0.0681 e. The molecule has 0 aliphatic heterocycles. The molecule has 0 aliphatic carbocycles. The Morgan fingerprint density at radius 1 is 1.36 bits per heavy atom. The van der Waals surface area contributed by atoms with E-state index in [9.17, 15) is 0 Å². The minimum absolute atomic E-state index is 0.0953. The van der Waals surface area contributed by atoms with Crippen LogP contribution in [0, 0.1) is 0 Å². The Bertz CT molecular complexity index is 265. The number of rotatable bonds is 2. The van der Waals surface area contributed by atoms with Crippen LogP contribution in [0.15, 0.2) is 36.6 Å².